The summed E-state index contributed by atoms with van der Waals surface area (Å²) in [6.45, 7) is 0. The lowest BCUT2D eigenvalue weighted by Crippen LogP contribution is -1.93. The van der Waals surface area contributed by atoms with E-state index in [9.17, 15) is 0 Å². The van der Waals surface area contributed by atoms with Crippen molar-refractivity contribution >= 4 is 0 Å². The number of nitriles is 2. The molecule has 0 bridgehead atoms. The van der Waals surface area contributed by atoms with Gasteiger partial charge in [-0.2, -0.15) is 15.6 Å². The summed E-state index contributed by atoms with van der Waals surface area (Å²) >= 11 is 0. The first kappa shape index (κ1) is 10.6. The van der Waals surface area contributed by atoms with Crippen molar-refractivity contribution in [2.45, 2.75) is 0 Å². The van der Waals surface area contributed by atoms with Crippen LogP contribution in [0.5, 0.6) is 11.6 Å². The fourth-order valence-corrected chi connectivity index (χ4v) is 1.22. The van der Waals surface area contributed by atoms with Crippen LogP contribution in [0.1, 0.15) is 11.1 Å². The zero-order valence-electron chi connectivity index (χ0n) is 8.66. The standard InChI is InChI=1S/C12H6N4O/c13-7-9-2-1-3-11(6-9)17-12-10(8-14)4-5-15-16-12/h1-6H. The van der Waals surface area contributed by atoms with E-state index in [0.717, 1.165) is 0 Å². The summed E-state index contributed by atoms with van der Waals surface area (Å²) in [4.78, 5) is 0. The number of nitrogens with zero attached hydrogens (tertiary/aromatic N) is 4. The first-order chi connectivity index (χ1) is 8.33. The average molecular weight is 222 g/mol. The Hall–Kier alpha value is -2.92. The Morgan fingerprint density at radius 3 is 2.76 bits per heavy atom. The molecule has 17 heavy (non-hydrogen) atoms. The molecule has 0 unspecified atom stereocenters. The summed E-state index contributed by atoms with van der Waals surface area (Å²) in [6.07, 6.45) is 1.41. The topological polar surface area (TPSA) is 82.6 Å². The molecule has 2 aromatic rings. The number of ether oxygens (including phenoxy) is 1. The molecule has 1 aromatic heterocycles. The lowest BCUT2D eigenvalue weighted by Gasteiger charge is -2.04. The third-order valence-electron chi connectivity index (χ3n) is 1.98. The van der Waals surface area contributed by atoms with Gasteiger partial charge in [0.25, 0.3) is 5.88 Å². The van der Waals surface area contributed by atoms with Crippen molar-refractivity contribution in [3.63, 3.8) is 0 Å². The molecule has 1 aromatic carbocycles. The van der Waals surface area contributed by atoms with Gasteiger partial charge in [0, 0.05) is 0 Å². The van der Waals surface area contributed by atoms with Gasteiger partial charge < -0.3 is 4.74 Å². The van der Waals surface area contributed by atoms with E-state index in [4.69, 9.17) is 15.3 Å². The minimum absolute atomic E-state index is 0.130. The van der Waals surface area contributed by atoms with Crippen LogP contribution in [0.4, 0.5) is 0 Å². The Morgan fingerprint density at radius 2 is 2.00 bits per heavy atom. The maximum Gasteiger partial charge on any atom is 0.256 e. The fourth-order valence-electron chi connectivity index (χ4n) is 1.22. The number of rotatable bonds is 2. The quantitative estimate of drug-likeness (QED) is 0.776. The van der Waals surface area contributed by atoms with E-state index in [0.29, 0.717) is 16.9 Å². The maximum absolute atomic E-state index is 8.85. The Labute approximate surface area is 97.5 Å². The van der Waals surface area contributed by atoms with Crippen molar-refractivity contribution < 1.29 is 4.74 Å². The number of benzene rings is 1. The van der Waals surface area contributed by atoms with Crippen LogP contribution in [-0.2, 0) is 0 Å². The van der Waals surface area contributed by atoms with E-state index >= 15 is 0 Å². The van der Waals surface area contributed by atoms with E-state index in [-0.39, 0.29) is 5.88 Å². The van der Waals surface area contributed by atoms with Crippen molar-refractivity contribution in [1.82, 2.24) is 10.2 Å². The van der Waals surface area contributed by atoms with Gasteiger partial charge in [-0.25, -0.2) is 0 Å². The first-order valence-corrected chi connectivity index (χ1v) is 4.73. The van der Waals surface area contributed by atoms with Gasteiger partial charge in [0.05, 0.1) is 17.8 Å². The second kappa shape index (κ2) is 4.73. The van der Waals surface area contributed by atoms with Crippen LogP contribution in [-0.4, -0.2) is 10.2 Å². The molecular formula is C12H6N4O. The van der Waals surface area contributed by atoms with Crippen LogP contribution in [0, 0.1) is 22.7 Å². The van der Waals surface area contributed by atoms with Gasteiger partial charge >= 0.3 is 0 Å². The molecule has 0 radical (unpaired) electrons. The van der Waals surface area contributed by atoms with Gasteiger partial charge in [0.1, 0.15) is 17.4 Å². The van der Waals surface area contributed by atoms with E-state index in [1.807, 2.05) is 12.1 Å². The zero-order chi connectivity index (χ0) is 12.1. The number of hydrogen-bond donors (Lipinski definition) is 0. The van der Waals surface area contributed by atoms with Gasteiger partial charge in [-0.1, -0.05) is 6.07 Å². The van der Waals surface area contributed by atoms with E-state index in [1.54, 1.807) is 24.3 Å². The molecule has 5 heteroatoms. The molecule has 0 aliphatic rings. The molecule has 0 N–H and O–H groups in total. The van der Waals surface area contributed by atoms with Crippen molar-refractivity contribution in [2.24, 2.45) is 0 Å². The molecule has 2 rings (SSSR count). The van der Waals surface area contributed by atoms with Crippen LogP contribution < -0.4 is 4.74 Å². The van der Waals surface area contributed by atoms with Gasteiger partial charge in [0.15, 0.2) is 0 Å². The third kappa shape index (κ3) is 2.36. The Balaban J connectivity index is 2.32. The molecule has 0 aliphatic carbocycles. The molecule has 80 valence electrons. The van der Waals surface area contributed by atoms with Crippen LogP contribution >= 0.6 is 0 Å². The Bertz CT molecular complexity index is 625. The van der Waals surface area contributed by atoms with Crippen molar-refractivity contribution in [1.29, 1.82) is 10.5 Å². The molecule has 0 saturated carbocycles. The van der Waals surface area contributed by atoms with Gasteiger partial charge in [-0.3, -0.25) is 0 Å². The molecule has 0 atom stereocenters. The summed E-state index contributed by atoms with van der Waals surface area (Å²) in [5.74, 6) is 0.575. The minimum Gasteiger partial charge on any atom is -0.437 e. The van der Waals surface area contributed by atoms with Crippen molar-refractivity contribution in [3.8, 4) is 23.8 Å². The largest absolute Gasteiger partial charge is 0.437 e. The summed E-state index contributed by atoms with van der Waals surface area (Å²) in [6, 6.07) is 12.1. The number of aromatic nitrogens is 2. The van der Waals surface area contributed by atoms with Gasteiger partial charge in [-0.15, -0.1) is 5.10 Å². The van der Waals surface area contributed by atoms with Gasteiger partial charge in [-0.05, 0) is 24.3 Å². The highest BCUT2D eigenvalue weighted by Crippen LogP contribution is 2.22. The molecular weight excluding hydrogens is 216 g/mol. The average Bonchev–Trinajstić information content (AvgIpc) is 2.39. The number of hydrogen-bond acceptors (Lipinski definition) is 5. The van der Waals surface area contributed by atoms with Crippen LogP contribution in [0.25, 0.3) is 0 Å². The molecule has 0 fully saturated rings. The molecule has 1 heterocycles. The highest BCUT2D eigenvalue weighted by molar-refractivity contribution is 5.41. The Morgan fingerprint density at radius 1 is 1.12 bits per heavy atom. The highest BCUT2D eigenvalue weighted by Gasteiger charge is 2.06. The lowest BCUT2D eigenvalue weighted by atomic mass is 10.2. The SMILES string of the molecule is N#Cc1cccc(Oc2nnccc2C#N)c1. The highest BCUT2D eigenvalue weighted by atomic mass is 16.5. The Kier molecular flexibility index (Phi) is 2.95. The molecule has 0 saturated heterocycles. The predicted octanol–water partition coefficient (Wildman–Crippen LogP) is 2.01. The van der Waals surface area contributed by atoms with E-state index in [1.165, 1.54) is 12.3 Å². The summed E-state index contributed by atoms with van der Waals surface area (Å²) in [7, 11) is 0. The second-order valence-corrected chi connectivity index (χ2v) is 3.10. The summed E-state index contributed by atoms with van der Waals surface area (Å²) in [5.41, 5.74) is 0.771. The summed E-state index contributed by atoms with van der Waals surface area (Å²) < 4.78 is 5.40. The molecule has 0 aliphatic heterocycles. The molecule has 5 nitrogen and oxygen atoms in total. The second-order valence-electron chi connectivity index (χ2n) is 3.10. The smallest absolute Gasteiger partial charge is 0.256 e. The molecule has 0 amide bonds. The van der Waals surface area contributed by atoms with Crippen LogP contribution in [0.2, 0.25) is 0 Å². The third-order valence-corrected chi connectivity index (χ3v) is 1.98. The summed E-state index contributed by atoms with van der Waals surface area (Å²) in [5, 5.41) is 25.0. The minimum atomic E-state index is 0.130. The lowest BCUT2D eigenvalue weighted by molar-refractivity contribution is 0.453. The fraction of sp³-hybridized carbons (Fsp3) is 0. The van der Waals surface area contributed by atoms with Crippen LogP contribution in [0.15, 0.2) is 36.5 Å². The van der Waals surface area contributed by atoms with E-state index < -0.39 is 0 Å². The first-order valence-electron chi connectivity index (χ1n) is 4.73. The molecule has 0 spiro atoms. The van der Waals surface area contributed by atoms with Gasteiger partial charge in [0.2, 0.25) is 0 Å². The maximum atomic E-state index is 8.85. The normalized spacial score (nSPS) is 9.06. The van der Waals surface area contributed by atoms with Crippen molar-refractivity contribution in [2.75, 3.05) is 0 Å². The van der Waals surface area contributed by atoms with Crippen LogP contribution in [0.3, 0.4) is 0 Å². The monoisotopic (exact) mass is 222 g/mol. The zero-order valence-corrected chi connectivity index (χ0v) is 8.66. The van der Waals surface area contributed by atoms with Crippen molar-refractivity contribution in [3.05, 3.63) is 47.7 Å². The predicted molar refractivity (Wildman–Crippen MR) is 58.0 cm³/mol. The van der Waals surface area contributed by atoms with E-state index in [2.05, 4.69) is 10.2 Å².